The molecule has 0 aromatic carbocycles. The molecule has 0 aliphatic carbocycles. The molecule has 16 heavy (non-hydrogen) atoms. The molecule has 0 saturated carbocycles. The van der Waals surface area contributed by atoms with Gasteiger partial charge >= 0.3 is 0 Å². The van der Waals surface area contributed by atoms with Crippen molar-refractivity contribution >= 4 is 0 Å². The molecule has 4 heteroatoms. The lowest BCUT2D eigenvalue weighted by molar-refractivity contribution is -0.151. The molecule has 0 saturated heterocycles. The van der Waals surface area contributed by atoms with Crippen LogP contribution in [0.5, 0.6) is 0 Å². The van der Waals surface area contributed by atoms with Crippen molar-refractivity contribution in [3.8, 4) is 0 Å². The first-order valence-corrected chi connectivity index (χ1v) is 5.71. The first kappa shape index (κ1) is 13.2. The molecule has 0 unspecified atom stereocenters. The van der Waals surface area contributed by atoms with E-state index in [9.17, 15) is 0 Å². The molecule has 1 aromatic heterocycles. The number of furan rings is 1. The van der Waals surface area contributed by atoms with Crippen LogP contribution < -0.4 is 0 Å². The molecule has 0 bridgehead atoms. The van der Waals surface area contributed by atoms with Crippen LogP contribution in [-0.4, -0.2) is 19.8 Å². The van der Waals surface area contributed by atoms with Gasteiger partial charge in [0.1, 0.15) is 12.4 Å². The molecule has 1 aromatic rings. The molecule has 0 fully saturated rings. The third kappa shape index (κ3) is 3.96. The predicted molar refractivity (Wildman–Crippen MR) is 60.0 cm³/mol. The van der Waals surface area contributed by atoms with Crippen molar-refractivity contribution in [1.82, 2.24) is 0 Å². The fourth-order valence-corrected chi connectivity index (χ4v) is 1.32. The molecule has 0 spiro atoms. The van der Waals surface area contributed by atoms with Gasteiger partial charge < -0.3 is 18.6 Å². The molecule has 0 aliphatic heterocycles. The van der Waals surface area contributed by atoms with Gasteiger partial charge in [-0.25, -0.2) is 0 Å². The van der Waals surface area contributed by atoms with Crippen LogP contribution in [0.2, 0.25) is 0 Å². The average molecular weight is 228 g/mol. The maximum Gasteiger partial charge on any atom is 0.217 e. The smallest absolute Gasteiger partial charge is 0.217 e. The maximum atomic E-state index is 5.58. The second kappa shape index (κ2) is 7.44. The fraction of sp³-hybridized carbons (Fsp3) is 0.667. The Bertz CT molecular complexity index is 276. The second-order valence-corrected chi connectivity index (χ2v) is 3.18. The van der Waals surface area contributed by atoms with Gasteiger partial charge in [0.2, 0.25) is 6.29 Å². The molecular formula is C12H20O4. The Morgan fingerprint density at radius 1 is 1.06 bits per heavy atom. The van der Waals surface area contributed by atoms with E-state index >= 15 is 0 Å². The van der Waals surface area contributed by atoms with Crippen molar-refractivity contribution in [3.05, 3.63) is 23.7 Å². The summed E-state index contributed by atoms with van der Waals surface area (Å²) in [7, 11) is 0. The molecule has 4 nitrogen and oxygen atoms in total. The van der Waals surface area contributed by atoms with Crippen LogP contribution in [0.25, 0.3) is 0 Å². The summed E-state index contributed by atoms with van der Waals surface area (Å²) < 4.78 is 21.7. The lowest BCUT2D eigenvalue weighted by atomic mass is 10.4. The summed E-state index contributed by atoms with van der Waals surface area (Å²) in [5.41, 5.74) is 0. The minimum Gasteiger partial charge on any atom is -0.458 e. The van der Waals surface area contributed by atoms with E-state index in [4.69, 9.17) is 18.6 Å². The van der Waals surface area contributed by atoms with Gasteiger partial charge in [0.25, 0.3) is 0 Å². The van der Waals surface area contributed by atoms with E-state index in [-0.39, 0.29) is 0 Å². The summed E-state index contributed by atoms with van der Waals surface area (Å²) in [5.74, 6) is 1.49. The zero-order valence-corrected chi connectivity index (χ0v) is 10.2. The van der Waals surface area contributed by atoms with Crippen LogP contribution >= 0.6 is 0 Å². The van der Waals surface area contributed by atoms with Crippen LogP contribution in [0, 0.1) is 0 Å². The molecule has 0 radical (unpaired) electrons. The van der Waals surface area contributed by atoms with Gasteiger partial charge in [0, 0.05) is 19.8 Å². The molecule has 1 rings (SSSR count). The van der Waals surface area contributed by atoms with E-state index in [2.05, 4.69) is 0 Å². The lowest BCUT2D eigenvalue weighted by Crippen LogP contribution is -2.07. The second-order valence-electron chi connectivity index (χ2n) is 3.18. The Balaban J connectivity index is 2.58. The number of ether oxygens (including phenoxy) is 3. The van der Waals surface area contributed by atoms with Gasteiger partial charge in [-0.05, 0) is 32.9 Å². The van der Waals surface area contributed by atoms with Gasteiger partial charge in [0.15, 0.2) is 5.76 Å². The molecule has 92 valence electrons. The fourth-order valence-electron chi connectivity index (χ4n) is 1.32. The summed E-state index contributed by atoms with van der Waals surface area (Å²) in [4.78, 5) is 0. The highest BCUT2D eigenvalue weighted by Crippen LogP contribution is 2.21. The molecule has 0 aliphatic rings. The molecule has 0 N–H and O–H groups in total. The number of hydrogen-bond acceptors (Lipinski definition) is 4. The highest BCUT2D eigenvalue weighted by molar-refractivity contribution is 5.07. The third-order valence-corrected chi connectivity index (χ3v) is 2.00. The Kier molecular flexibility index (Phi) is 6.15. The van der Waals surface area contributed by atoms with E-state index in [1.165, 1.54) is 0 Å². The third-order valence-electron chi connectivity index (χ3n) is 2.00. The first-order valence-electron chi connectivity index (χ1n) is 5.71. The van der Waals surface area contributed by atoms with Crippen molar-refractivity contribution in [2.75, 3.05) is 19.8 Å². The normalized spacial score (nSPS) is 11.2. The standard InChI is InChI=1S/C12H20O4/c1-4-13-9-10-7-8-11(16-10)12(14-5-2)15-6-3/h7-8,12H,4-6,9H2,1-3H3. The number of rotatable bonds is 8. The van der Waals surface area contributed by atoms with Gasteiger partial charge in [-0.1, -0.05) is 0 Å². The highest BCUT2D eigenvalue weighted by atomic mass is 16.7. The predicted octanol–water partition coefficient (Wildman–Crippen LogP) is 2.89. The van der Waals surface area contributed by atoms with Crippen LogP contribution in [-0.2, 0) is 20.8 Å². The van der Waals surface area contributed by atoms with Crippen LogP contribution in [0.3, 0.4) is 0 Å². The van der Waals surface area contributed by atoms with Crippen molar-refractivity contribution in [2.45, 2.75) is 33.7 Å². The Morgan fingerprint density at radius 2 is 1.75 bits per heavy atom. The van der Waals surface area contributed by atoms with Crippen molar-refractivity contribution in [1.29, 1.82) is 0 Å². The minimum atomic E-state index is -0.412. The maximum absolute atomic E-state index is 5.58. The van der Waals surface area contributed by atoms with Gasteiger partial charge in [-0.15, -0.1) is 0 Å². The number of hydrogen-bond donors (Lipinski definition) is 0. The van der Waals surface area contributed by atoms with E-state index in [1.807, 2.05) is 32.9 Å². The molecule has 0 amide bonds. The summed E-state index contributed by atoms with van der Waals surface area (Å²) in [6, 6.07) is 3.75. The first-order chi connectivity index (χ1) is 7.81. The van der Waals surface area contributed by atoms with Crippen molar-refractivity contribution in [3.63, 3.8) is 0 Å². The summed E-state index contributed by atoms with van der Waals surface area (Å²) in [6.07, 6.45) is -0.412. The Labute approximate surface area is 96.5 Å². The average Bonchev–Trinajstić information content (AvgIpc) is 2.74. The summed E-state index contributed by atoms with van der Waals surface area (Å²) in [5, 5.41) is 0. The monoisotopic (exact) mass is 228 g/mol. The highest BCUT2D eigenvalue weighted by Gasteiger charge is 2.15. The van der Waals surface area contributed by atoms with Gasteiger partial charge in [-0.2, -0.15) is 0 Å². The van der Waals surface area contributed by atoms with Gasteiger partial charge in [-0.3, -0.25) is 0 Å². The van der Waals surface area contributed by atoms with Crippen LogP contribution in [0.1, 0.15) is 38.6 Å². The SMILES string of the molecule is CCOCc1ccc(C(OCC)OCC)o1. The lowest BCUT2D eigenvalue weighted by Gasteiger charge is -2.13. The van der Waals surface area contributed by atoms with E-state index in [1.54, 1.807) is 0 Å². The minimum absolute atomic E-state index is 0.412. The Hall–Kier alpha value is -0.840. The van der Waals surface area contributed by atoms with E-state index < -0.39 is 6.29 Å². The quantitative estimate of drug-likeness (QED) is 0.641. The van der Waals surface area contributed by atoms with Crippen molar-refractivity contribution < 1.29 is 18.6 Å². The molecular weight excluding hydrogens is 208 g/mol. The van der Waals surface area contributed by atoms with Crippen LogP contribution in [0.4, 0.5) is 0 Å². The topological polar surface area (TPSA) is 40.8 Å². The molecule has 1 heterocycles. The van der Waals surface area contributed by atoms with Crippen molar-refractivity contribution in [2.24, 2.45) is 0 Å². The summed E-state index contributed by atoms with van der Waals surface area (Å²) >= 11 is 0. The largest absolute Gasteiger partial charge is 0.458 e. The van der Waals surface area contributed by atoms with E-state index in [0.717, 1.165) is 5.76 Å². The zero-order valence-electron chi connectivity index (χ0n) is 10.2. The Morgan fingerprint density at radius 3 is 2.31 bits per heavy atom. The van der Waals surface area contributed by atoms with E-state index in [0.29, 0.717) is 32.2 Å². The summed E-state index contributed by atoms with van der Waals surface area (Å²) in [6.45, 7) is 8.15. The van der Waals surface area contributed by atoms with Gasteiger partial charge in [0.05, 0.1) is 0 Å². The zero-order chi connectivity index (χ0) is 11.8. The molecule has 0 atom stereocenters. The van der Waals surface area contributed by atoms with Crippen LogP contribution in [0.15, 0.2) is 16.5 Å².